The summed E-state index contributed by atoms with van der Waals surface area (Å²) in [6, 6.07) is 41.9. The molecule has 0 bridgehead atoms. The Balaban J connectivity index is 2.10. The van der Waals surface area contributed by atoms with Gasteiger partial charge >= 0.3 is 177 Å². The van der Waals surface area contributed by atoms with E-state index in [2.05, 4.69) is 91.0 Å². The third-order valence-corrected chi connectivity index (χ3v) is 18.8. The SMILES string of the molecule is O=C/[C](=C/c1ccccc1)[Sn]([c]1ccccc1)([c]1ccccc1)[c]1ccccc1. The summed E-state index contributed by atoms with van der Waals surface area (Å²) in [7, 11) is 0. The van der Waals surface area contributed by atoms with Crippen molar-refractivity contribution in [2.24, 2.45) is 0 Å². The second-order valence-corrected chi connectivity index (χ2v) is 17.8. The summed E-state index contributed by atoms with van der Waals surface area (Å²) in [5.74, 6) is 0. The Hall–Kier alpha value is -2.91. The Morgan fingerprint density at radius 1 is 0.517 bits per heavy atom. The standard InChI is InChI=1S/C9H7O.3C6H5.Sn/c10-8-4-7-9-5-2-1-3-6-9;3*1-2-4-6-5-3-1;/h1-3,5-8H;3*1-5H;. The van der Waals surface area contributed by atoms with E-state index in [-0.39, 0.29) is 0 Å². The third kappa shape index (κ3) is 3.83. The second kappa shape index (κ2) is 9.06. The monoisotopic (exact) mass is 482 g/mol. The summed E-state index contributed by atoms with van der Waals surface area (Å²) >= 11 is -3.79. The molecule has 0 spiro atoms. The zero-order valence-corrected chi connectivity index (χ0v) is 19.0. The molecule has 0 atom stereocenters. The zero-order valence-electron chi connectivity index (χ0n) is 16.1. The van der Waals surface area contributed by atoms with Crippen molar-refractivity contribution in [2.45, 2.75) is 0 Å². The molecule has 4 aromatic carbocycles. The summed E-state index contributed by atoms with van der Waals surface area (Å²) in [6.45, 7) is 0. The topological polar surface area (TPSA) is 17.1 Å². The molecule has 0 aliphatic heterocycles. The number of carbonyl (C=O) groups excluding carboxylic acids is 1. The molecular weight excluding hydrogens is 459 g/mol. The van der Waals surface area contributed by atoms with Crippen LogP contribution in [0.25, 0.3) is 6.08 Å². The van der Waals surface area contributed by atoms with Gasteiger partial charge in [-0.2, -0.15) is 0 Å². The van der Waals surface area contributed by atoms with Gasteiger partial charge in [0.15, 0.2) is 0 Å². The third-order valence-electron chi connectivity index (χ3n) is 5.30. The van der Waals surface area contributed by atoms with Gasteiger partial charge < -0.3 is 0 Å². The van der Waals surface area contributed by atoms with Crippen molar-refractivity contribution in [2.75, 3.05) is 0 Å². The summed E-state index contributed by atoms with van der Waals surface area (Å²) in [6.07, 6.45) is 3.19. The van der Waals surface area contributed by atoms with Crippen molar-refractivity contribution in [3.05, 3.63) is 130 Å². The van der Waals surface area contributed by atoms with E-state index in [1.165, 1.54) is 10.7 Å². The summed E-state index contributed by atoms with van der Waals surface area (Å²) in [5, 5.41) is 0. The molecule has 29 heavy (non-hydrogen) atoms. The van der Waals surface area contributed by atoms with Crippen LogP contribution in [0.15, 0.2) is 125 Å². The molecule has 0 aliphatic carbocycles. The molecule has 1 nitrogen and oxygen atoms in total. The molecule has 0 fully saturated rings. The van der Waals surface area contributed by atoms with Gasteiger partial charge in [-0.3, -0.25) is 0 Å². The van der Waals surface area contributed by atoms with Gasteiger partial charge in [-0.25, -0.2) is 0 Å². The fourth-order valence-corrected chi connectivity index (χ4v) is 17.3. The molecule has 0 aromatic heterocycles. The van der Waals surface area contributed by atoms with Crippen LogP contribution in [0.1, 0.15) is 5.56 Å². The fraction of sp³-hybridized carbons (Fsp3) is 0. The second-order valence-electron chi connectivity index (χ2n) is 6.98. The van der Waals surface area contributed by atoms with Crippen LogP contribution in [-0.4, -0.2) is 24.7 Å². The maximum absolute atomic E-state index is 12.7. The maximum atomic E-state index is 12.7. The van der Waals surface area contributed by atoms with Crippen molar-refractivity contribution in [1.29, 1.82) is 0 Å². The summed E-state index contributed by atoms with van der Waals surface area (Å²) in [5.41, 5.74) is 1.05. The molecule has 0 radical (unpaired) electrons. The Bertz CT molecular complexity index is 992. The fourth-order valence-electron chi connectivity index (χ4n) is 4.02. The minimum absolute atomic E-state index is 0.911. The predicted molar refractivity (Wildman–Crippen MR) is 124 cm³/mol. The molecule has 140 valence electrons. The van der Waals surface area contributed by atoms with Crippen molar-refractivity contribution < 1.29 is 4.79 Å². The molecule has 0 saturated heterocycles. The molecular formula is C27H22OSn. The molecule has 0 amide bonds. The Morgan fingerprint density at radius 2 is 0.862 bits per heavy atom. The molecule has 4 rings (SSSR count). The molecule has 0 saturated carbocycles. The van der Waals surface area contributed by atoms with E-state index < -0.39 is 18.4 Å². The number of allylic oxidation sites excluding steroid dienone is 1. The van der Waals surface area contributed by atoms with Crippen LogP contribution in [0.4, 0.5) is 0 Å². The first-order chi connectivity index (χ1) is 14.4. The van der Waals surface area contributed by atoms with E-state index in [0.29, 0.717) is 0 Å². The van der Waals surface area contributed by atoms with Crippen LogP contribution >= 0.6 is 0 Å². The van der Waals surface area contributed by atoms with Gasteiger partial charge in [0.05, 0.1) is 0 Å². The average Bonchev–Trinajstić information content (AvgIpc) is 2.82. The first-order valence-electron chi connectivity index (χ1n) is 9.74. The molecule has 0 heterocycles. The van der Waals surface area contributed by atoms with Crippen LogP contribution in [0.5, 0.6) is 0 Å². The molecule has 2 heteroatoms. The van der Waals surface area contributed by atoms with Gasteiger partial charge in [-0.05, 0) is 0 Å². The number of hydrogen-bond donors (Lipinski definition) is 0. The van der Waals surface area contributed by atoms with E-state index in [1.54, 1.807) is 0 Å². The summed E-state index contributed by atoms with van der Waals surface area (Å²) in [4.78, 5) is 12.7. The normalized spacial score (nSPS) is 11.8. The number of aldehydes is 1. The first kappa shape index (κ1) is 19.4. The Morgan fingerprint density at radius 3 is 1.21 bits per heavy atom. The Labute approximate surface area is 176 Å². The average molecular weight is 481 g/mol. The van der Waals surface area contributed by atoms with Crippen LogP contribution in [-0.2, 0) is 4.79 Å². The zero-order chi connectivity index (χ0) is 19.9. The van der Waals surface area contributed by atoms with Crippen LogP contribution in [0.2, 0.25) is 0 Å². The number of rotatable bonds is 6. The van der Waals surface area contributed by atoms with E-state index in [0.717, 1.165) is 15.4 Å². The van der Waals surface area contributed by atoms with Crippen molar-refractivity contribution >= 4 is 41.5 Å². The Kier molecular flexibility index (Phi) is 6.06. The van der Waals surface area contributed by atoms with Crippen LogP contribution in [0, 0.1) is 0 Å². The van der Waals surface area contributed by atoms with E-state index >= 15 is 0 Å². The van der Waals surface area contributed by atoms with E-state index in [1.807, 2.05) is 36.4 Å². The molecule has 4 aromatic rings. The molecule has 0 N–H and O–H groups in total. The van der Waals surface area contributed by atoms with Crippen molar-refractivity contribution in [1.82, 2.24) is 0 Å². The van der Waals surface area contributed by atoms with Crippen molar-refractivity contribution in [3.8, 4) is 0 Å². The minimum atomic E-state index is -3.79. The van der Waals surface area contributed by atoms with Gasteiger partial charge in [-0.1, -0.05) is 0 Å². The number of carbonyl (C=O) groups is 1. The molecule has 0 unspecified atom stereocenters. The number of hydrogen-bond acceptors (Lipinski definition) is 1. The van der Waals surface area contributed by atoms with E-state index in [9.17, 15) is 4.79 Å². The van der Waals surface area contributed by atoms with Gasteiger partial charge in [0.1, 0.15) is 0 Å². The quantitative estimate of drug-likeness (QED) is 0.232. The first-order valence-corrected chi connectivity index (χ1v) is 15.5. The van der Waals surface area contributed by atoms with E-state index in [4.69, 9.17) is 0 Å². The van der Waals surface area contributed by atoms with Gasteiger partial charge in [0, 0.05) is 0 Å². The van der Waals surface area contributed by atoms with Crippen molar-refractivity contribution in [3.63, 3.8) is 0 Å². The molecule has 0 aliphatic rings. The van der Waals surface area contributed by atoms with Crippen LogP contribution < -0.4 is 10.7 Å². The predicted octanol–water partition coefficient (Wildman–Crippen LogP) is 3.98. The van der Waals surface area contributed by atoms with Gasteiger partial charge in [0.2, 0.25) is 0 Å². The van der Waals surface area contributed by atoms with Crippen LogP contribution in [0.3, 0.4) is 0 Å². The number of benzene rings is 4. The summed E-state index contributed by atoms with van der Waals surface area (Å²) < 4.78 is 4.73. The van der Waals surface area contributed by atoms with Gasteiger partial charge in [0.25, 0.3) is 0 Å². The van der Waals surface area contributed by atoms with Gasteiger partial charge in [-0.15, -0.1) is 0 Å².